The van der Waals surface area contributed by atoms with Crippen LogP contribution in [0.25, 0.3) is 0 Å². The van der Waals surface area contributed by atoms with Gasteiger partial charge in [-0.25, -0.2) is 8.42 Å². The summed E-state index contributed by atoms with van der Waals surface area (Å²) in [6.07, 6.45) is 1.55. The molecule has 0 saturated heterocycles. The summed E-state index contributed by atoms with van der Waals surface area (Å²) < 4.78 is 26.3. The number of rotatable bonds is 12. The lowest BCUT2D eigenvalue weighted by molar-refractivity contribution is -0.140. The van der Waals surface area contributed by atoms with Crippen LogP contribution >= 0.6 is 11.6 Å². The average Bonchev–Trinajstić information content (AvgIpc) is 2.80. The molecule has 0 aliphatic carbocycles. The van der Waals surface area contributed by atoms with E-state index in [1.165, 1.54) is 9.21 Å². The number of anilines is 1. The molecule has 0 aliphatic heterocycles. The molecule has 0 radical (unpaired) electrons. The van der Waals surface area contributed by atoms with Crippen LogP contribution in [0.5, 0.6) is 0 Å². The molecule has 0 bridgehead atoms. The Hall–Kier alpha value is -2.58. The van der Waals surface area contributed by atoms with Crippen molar-refractivity contribution in [2.24, 2.45) is 5.92 Å². The molecule has 1 N–H and O–H groups in total. The molecule has 9 heteroatoms. The second kappa shape index (κ2) is 13.1. The highest BCUT2D eigenvalue weighted by Crippen LogP contribution is 2.23. The van der Waals surface area contributed by atoms with Crippen LogP contribution < -0.4 is 9.62 Å². The normalized spacial score (nSPS) is 12.3. The highest BCUT2D eigenvalue weighted by atomic mass is 35.5. The van der Waals surface area contributed by atoms with Gasteiger partial charge >= 0.3 is 0 Å². The maximum Gasteiger partial charge on any atom is 0.242 e. The van der Waals surface area contributed by atoms with E-state index in [1.54, 1.807) is 19.1 Å². The molecular formula is C27H38ClN3O4S. The van der Waals surface area contributed by atoms with Crippen molar-refractivity contribution in [3.8, 4) is 0 Å². The van der Waals surface area contributed by atoms with Gasteiger partial charge in [0.15, 0.2) is 0 Å². The number of carbonyl (C=O) groups excluding carboxylic acids is 2. The van der Waals surface area contributed by atoms with Gasteiger partial charge in [0.2, 0.25) is 21.8 Å². The summed E-state index contributed by atoms with van der Waals surface area (Å²) in [5, 5.41) is 3.41. The average molecular weight is 536 g/mol. The number of aryl methyl sites for hydroxylation is 2. The van der Waals surface area contributed by atoms with Crippen LogP contribution in [0, 0.1) is 19.8 Å². The van der Waals surface area contributed by atoms with E-state index in [2.05, 4.69) is 5.32 Å². The van der Waals surface area contributed by atoms with Crippen molar-refractivity contribution < 1.29 is 18.0 Å². The minimum absolute atomic E-state index is 0.0864. The van der Waals surface area contributed by atoms with Gasteiger partial charge in [0.05, 0.1) is 11.9 Å². The van der Waals surface area contributed by atoms with Crippen LogP contribution in [-0.4, -0.2) is 50.5 Å². The molecule has 0 heterocycles. The first-order valence-corrected chi connectivity index (χ1v) is 14.4. The molecule has 36 heavy (non-hydrogen) atoms. The van der Waals surface area contributed by atoms with Crippen molar-refractivity contribution in [3.05, 3.63) is 64.2 Å². The number of amides is 2. The van der Waals surface area contributed by atoms with Crippen molar-refractivity contribution >= 4 is 39.1 Å². The number of sulfonamides is 1. The van der Waals surface area contributed by atoms with E-state index in [-0.39, 0.29) is 37.2 Å². The molecule has 0 aliphatic rings. The number of hydrogen-bond donors (Lipinski definition) is 1. The van der Waals surface area contributed by atoms with Crippen LogP contribution in [0.1, 0.15) is 50.3 Å². The molecule has 0 saturated carbocycles. The Balaban J connectivity index is 2.19. The maximum atomic E-state index is 13.3. The SMILES string of the molecule is Cc1ccc(N(CCCC(=O)N(Cc2ccccc2Cl)[C@H](C)C(=O)NCC(C)C)S(C)(=O)=O)cc1C. The van der Waals surface area contributed by atoms with E-state index in [9.17, 15) is 18.0 Å². The highest BCUT2D eigenvalue weighted by Gasteiger charge is 2.27. The Morgan fingerprint density at radius 2 is 1.69 bits per heavy atom. The zero-order valence-electron chi connectivity index (χ0n) is 22.0. The third-order valence-electron chi connectivity index (χ3n) is 6.08. The first-order chi connectivity index (χ1) is 16.8. The van der Waals surface area contributed by atoms with Crippen molar-refractivity contribution in [2.75, 3.05) is 23.7 Å². The third-order valence-corrected chi connectivity index (χ3v) is 7.64. The Kier molecular flexibility index (Phi) is 10.8. The van der Waals surface area contributed by atoms with Crippen LogP contribution in [0.4, 0.5) is 5.69 Å². The van der Waals surface area contributed by atoms with E-state index in [0.29, 0.717) is 23.7 Å². The van der Waals surface area contributed by atoms with Gasteiger partial charge < -0.3 is 10.2 Å². The van der Waals surface area contributed by atoms with Crippen LogP contribution in [0.2, 0.25) is 5.02 Å². The van der Waals surface area contributed by atoms with Crippen molar-refractivity contribution in [1.29, 1.82) is 0 Å². The molecular weight excluding hydrogens is 498 g/mol. The summed E-state index contributed by atoms with van der Waals surface area (Å²) in [7, 11) is -3.54. The lowest BCUT2D eigenvalue weighted by Gasteiger charge is -2.30. The van der Waals surface area contributed by atoms with E-state index in [4.69, 9.17) is 11.6 Å². The fourth-order valence-electron chi connectivity index (χ4n) is 3.73. The number of carbonyl (C=O) groups is 2. The van der Waals surface area contributed by atoms with Crippen molar-refractivity contribution in [2.45, 2.75) is 60.0 Å². The Morgan fingerprint density at radius 3 is 2.28 bits per heavy atom. The molecule has 2 aromatic rings. The minimum atomic E-state index is -3.54. The molecule has 0 spiro atoms. The van der Waals surface area contributed by atoms with Crippen molar-refractivity contribution in [3.63, 3.8) is 0 Å². The standard InChI is InChI=1S/C27H38ClN3O4S/c1-19(2)17-29-27(33)22(5)30(18-23-10-7-8-11-25(23)28)26(32)12-9-15-31(36(6,34)35)24-14-13-20(3)21(4)16-24/h7-8,10-11,13-14,16,19,22H,9,12,15,17-18H2,1-6H3,(H,29,33)/t22-/m1/s1. The van der Waals surface area contributed by atoms with Crippen LogP contribution in [-0.2, 0) is 26.2 Å². The molecule has 0 fully saturated rings. The number of halogens is 1. The Morgan fingerprint density at radius 1 is 1.03 bits per heavy atom. The largest absolute Gasteiger partial charge is 0.354 e. The van der Waals surface area contributed by atoms with E-state index in [0.717, 1.165) is 22.9 Å². The lowest BCUT2D eigenvalue weighted by Crippen LogP contribution is -2.48. The zero-order chi connectivity index (χ0) is 27.0. The predicted molar refractivity (Wildman–Crippen MR) is 147 cm³/mol. The van der Waals surface area contributed by atoms with Gasteiger partial charge in [0.25, 0.3) is 0 Å². The second-order valence-corrected chi connectivity index (χ2v) is 11.9. The van der Waals surface area contributed by atoms with Gasteiger partial charge in [-0.1, -0.05) is 49.7 Å². The van der Waals surface area contributed by atoms with Gasteiger partial charge in [-0.15, -0.1) is 0 Å². The second-order valence-electron chi connectivity index (χ2n) is 9.64. The van der Waals surface area contributed by atoms with Gasteiger partial charge in [0.1, 0.15) is 6.04 Å². The summed E-state index contributed by atoms with van der Waals surface area (Å²) in [6.45, 7) is 10.4. The van der Waals surface area contributed by atoms with Gasteiger partial charge in [0, 0.05) is 31.1 Å². The first-order valence-electron chi connectivity index (χ1n) is 12.2. The lowest BCUT2D eigenvalue weighted by atomic mass is 10.1. The quantitative estimate of drug-likeness (QED) is 0.427. The molecule has 7 nitrogen and oxygen atoms in total. The summed E-state index contributed by atoms with van der Waals surface area (Å²) in [6, 6.07) is 12.0. The van der Waals surface area contributed by atoms with E-state index < -0.39 is 16.1 Å². The molecule has 2 aromatic carbocycles. The van der Waals surface area contributed by atoms with Gasteiger partial charge in [-0.05, 0) is 68.0 Å². The predicted octanol–water partition coefficient (Wildman–Crippen LogP) is 4.69. The number of hydrogen-bond acceptors (Lipinski definition) is 4. The van der Waals surface area contributed by atoms with Gasteiger partial charge in [-0.3, -0.25) is 13.9 Å². The van der Waals surface area contributed by atoms with Gasteiger partial charge in [-0.2, -0.15) is 0 Å². The minimum Gasteiger partial charge on any atom is -0.354 e. The smallest absolute Gasteiger partial charge is 0.242 e. The van der Waals surface area contributed by atoms with Crippen LogP contribution in [0.15, 0.2) is 42.5 Å². The van der Waals surface area contributed by atoms with Crippen LogP contribution in [0.3, 0.4) is 0 Å². The van der Waals surface area contributed by atoms with E-state index in [1.807, 2.05) is 58.0 Å². The first kappa shape index (κ1) is 29.6. The molecule has 0 aromatic heterocycles. The maximum absolute atomic E-state index is 13.3. The molecule has 198 valence electrons. The third kappa shape index (κ3) is 8.52. The molecule has 2 amide bonds. The number of benzene rings is 2. The van der Waals surface area contributed by atoms with Crippen molar-refractivity contribution in [1.82, 2.24) is 10.2 Å². The molecule has 1 atom stereocenters. The number of nitrogens with zero attached hydrogens (tertiary/aromatic N) is 2. The zero-order valence-corrected chi connectivity index (χ0v) is 23.6. The summed E-state index contributed by atoms with van der Waals surface area (Å²) >= 11 is 6.34. The monoisotopic (exact) mass is 535 g/mol. The Bertz CT molecular complexity index is 1170. The fourth-order valence-corrected chi connectivity index (χ4v) is 4.88. The Labute approximate surface area is 220 Å². The van der Waals surface area contributed by atoms with E-state index >= 15 is 0 Å². The summed E-state index contributed by atoms with van der Waals surface area (Å²) in [5.41, 5.74) is 3.37. The molecule has 2 rings (SSSR count). The highest BCUT2D eigenvalue weighted by molar-refractivity contribution is 7.92. The fraction of sp³-hybridized carbons (Fsp3) is 0.481. The summed E-state index contributed by atoms with van der Waals surface area (Å²) in [4.78, 5) is 27.7. The number of nitrogens with one attached hydrogen (secondary N) is 1. The summed E-state index contributed by atoms with van der Waals surface area (Å²) in [5.74, 6) is -0.200. The molecule has 0 unspecified atom stereocenters. The topological polar surface area (TPSA) is 86.8 Å².